The molecule has 2 aromatic heterocycles. The molecule has 4 rings (SSSR count). The molecule has 2 atom stereocenters. The van der Waals surface area contributed by atoms with E-state index in [4.69, 9.17) is 11.6 Å². The minimum Gasteiger partial charge on any atom is -0.363 e. The van der Waals surface area contributed by atoms with Crippen LogP contribution in [0, 0.1) is 18.3 Å². The van der Waals surface area contributed by atoms with Crippen molar-refractivity contribution in [2.75, 3.05) is 10.6 Å². The van der Waals surface area contributed by atoms with Crippen LogP contribution in [-0.2, 0) is 6.42 Å². The van der Waals surface area contributed by atoms with E-state index in [1.54, 1.807) is 24.3 Å². The summed E-state index contributed by atoms with van der Waals surface area (Å²) in [4.78, 5) is 13.7. The van der Waals surface area contributed by atoms with Crippen molar-refractivity contribution < 1.29 is 18.0 Å². The zero-order valence-electron chi connectivity index (χ0n) is 17.6. The summed E-state index contributed by atoms with van der Waals surface area (Å²) in [5.41, 5.74) is 1.68. The Morgan fingerprint density at radius 1 is 1.39 bits per heavy atom. The Balaban J connectivity index is 1.66. The zero-order chi connectivity index (χ0) is 23.9. The van der Waals surface area contributed by atoms with Crippen molar-refractivity contribution in [3.8, 4) is 6.07 Å². The quantitative estimate of drug-likeness (QED) is 0.450. The highest BCUT2D eigenvalue weighted by Crippen LogP contribution is 2.44. The molecule has 33 heavy (non-hydrogen) atoms. The second-order valence-electron chi connectivity index (χ2n) is 7.66. The predicted octanol–water partition coefficient (Wildman–Crippen LogP) is 6.25. The molecule has 0 saturated carbocycles. The highest BCUT2D eigenvalue weighted by molar-refractivity contribution is 7.16. The summed E-state index contributed by atoms with van der Waals surface area (Å²) >= 11 is 7.16. The number of nitriles is 1. The van der Waals surface area contributed by atoms with Crippen molar-refractivity contribution in [3.05, 3.63) is 62.6 Å². The molecule has 3 heterocycles. The fraction of sp³-hybridized carbons (Fsp3) is 0.318. The molecule has 172 valence electrons. The molecule has 0 unspecified atom stereocenters. The number of thiophene rings is 1. The van der Waals surface area contributed by atoms with Gasteiger partial charge in [-0.2, -0.15) is 23.5 Å². The Morgan fingerprint density at radius 2 is 2.09 bits per heavy atom. The molecular formula is C22H19ClF3N5OS. The number of nitrogens with zero attached hydrogens (tertiary/aromatic N) is 3. The van der Waals surface area contributed by atoms with E-state index in [0.29, 0.717) is 27.6 Å². The van der Waals surface area contributed by atoms with Gasteiger partial charge in [0.05, 0.1) is 11.6 Å². The molecule has 0 bridgehead atoms. The summed E-state index contributed by atoms with van der Waals surface area (Å²) in [6.07, 6.45) is -4.22. The lowest BCUT2D eigenvalue weighted by molar-refractivity contribution is -0.173. The van der Waals surface area contributed by atoms with Crippen LogP contribution in [0.1, 0.15) is 57.5 Å². The second-order valence-corrected chi connectivity index (χ2v) is 9.32. The summed E-state index contributed by atoms with van der Waals surface area (Å²) in [6, 6.07) is 7.43. The van der Waals surface area contributed by atoms with E-state index in [-0.39, 0.29) is 17.9 Å². The van der Waals surface area contributed by atoms with Crippen LogP contribution in [0.5, 0.6) is 0 Å². The lowest BCUT2D eigenvalue weighted by Gasteiger charge is -2.33. The Hall–Kier alpha value is -3.03. The first-order valence-corrected chi connectivity index (χ1v) is 11.3. The zero-order valence-corrected chi connectivity index (χ0v) is 19.2. The molecule has 3 aromatic rings. The van der Waals surface area contributed by atoms with Crippen molar-refractivity contribution in [1.82, 2.24) is 9.78 Å². The maximum Gasteiger partial charge on any atom is 0.410 e. The smallest absolute Gasteiger partial charge is 0.363 e. The third-order valence-electron chi connectivity index (χ3n) is 5.60. The topological polar surface area (TPSA) is 82.7 Å². The van der Waals surface area contributed by atoms with Gasteiger partial charge in [0.2, 0.25) is 0 Å². The molecular weight excluding hydrogens is 475 g/mol. The number of carbonyl (C=O) groups is 1. The first-order valence-electron chi connectivity index (χ1n) is 10.1. The molecule has 0 spiro atoms. The lowest BCUT2D eigenvalue weighted by atomic mass is 9.97. The first kappa shape index (κ1) is 23.1. The summed E-state index contributed by atoms with van der Waals surface area (Å²) < 4.78 is 42.4. The number of alkyl halides is 3. The van der Waals surface area contributed by atoms with Gasteiger partial charge in [0, 0.05) is 22.4 Å². The molecule has 1 aliphatic heterocycles. The summed E-state index contributed by atoms with van der Waals surface area (Å²) in [5, 5.41) is 20.0. The number of amides is 1. The summed E-state index contributed by atoms with van der Waals surface area (Å²) in [5.74, 6) is -0.589. The number of halogens is 4. The van der Waals surface area contributed by atoms with E-state index in [0.717, 1.165) is 15.1 Å². The number of hydrogen-bond donors (Lipinski definition) is 2. The van der Waals surface area contributed by atoms with Gasteiger partial charge in [-0.1, -0.05) is 30.7 Å². The maximum atomic E-state index is 13.9. The van der Waals surface area contributed by atoms with Crippen LogP contribution in [0.15, 0.2) is 30.3 Å². The molecule has 0 fully saturated rings. The minimum atomic E-state index is -4.56. The van der Waals surface area contributed by atoms with Crippen molar-refractivity contribution in [1.29, 1.82) is 5.26 Å². The Kier molecular flexibility index (Phi) is 6.12. The van der Waals surface area contributed by atoms with Crippen LogP contribution in [0.25, 0.3) is 0 Å². The van der Waals surface area contributed by atoms with Crippen molar-refractivity contribution >= 4 is 39.7 Å². The van der Waals surface area contributed by atoms with E-state index >= 15 is 0 Å². The Morgan fingerprint density at radius 3 is 2.70 bits per heavy atom. The predicted molar refractivity (Wildman–Crippen MR) is 121 cm³/mol. The highest BCUT2D eigenvalue weighted by Gasteiger charge is 2.46. The van der Waals surface area contributed by atoms with Crippen molar-refractivity contribution in [2.24, 2.45) is 0 Å². The molecule has 1 amide bonds. The number of aryl methyl sites for hydroxylation is 1. The SMILES string of the molecule is CCc1c(C)sc(NC(=O)c2cc3n(n2)[C@H](C(F)(F)F)C[C@@H](c2ccc(Cl)cc2)N3)c1C#N. The van der Waals surface area contributed by atoms with E-state index < -0.39 is 24.2 Å². The second kappa shape index (κ2) is 8.72. The van der Waals surface area contributed by atoms with Crippen LogP contribution in [-0.4, -0.2) is 21.9 Å². The first-order chi connectivity index (χ1) is 15.6. The van der Waals surface area contributed by atoms with Crippen molar-refractivity contribution in [3.63, 3.8) is 0 Å². The van der Waals surface area contributed by atoms with E-state index in [2.05, 4.69) is 21.8 Å². The number of hydrogen-bond acceptors (Lipinski definition) is 5. The van der Waals surface area contributed by atoms with Gasteiger partial charge in [-0.15, -0.1) is 11.3 Å². The van der Waals surface area contributed by atoms with Gasteiger partial charge in [0.25, 0.3) is 5.91 Å². The van der Waals surface area contributed by atoms with Crippen LogP contribution in [0.2, 0.25) is 5.02 Å². The normalized spacial score (nSPS) is 17.7. The molecule has 1 aromatic carbocycles. The molecule has 0 saturated heterocycles. The van der Waals surface area contributed by atoms with Crippen LogP contribution >= 0.6 is 22.9 Å². The Labute approximate surface area is 197 Å². The van der Waals surface area contributed by atoms with Gasteiger partial charge in [-0.05, 0) is 36.6 Å². The standard InChI is InChI=1S/C22H19ClF3N5OS/c1-3-14-11(2)33-21(15(14)10-27)29-20(32)17-9-19-28-16(12-4-6-13(23)7-5-12)8-18(22(24,25)26)31(19)30-17/h4-7,9,16,18,28H,3,8H2,1-2H3,(H,29,32)/t16-,18-/m0/s1. The van der Waals surface area contributed by atoms with Crippen LogP contribution in [0.4, 0.5) is 24.0 Å². The number of benzene rings is 1. The van der Waals surface area contributed by atoms with Crippen molar-refractivity contribution in [2.45, 2.75) is 44.9 Å². The number of carbonyl (C=O) groups excluding carboxylic acids is 1. The number of anilines is 2. The summed E-state index contributed by atoms with van der Waals surface area (Å²) in [7, 11) is 0. The monoisotopic (exact) mass is 493 g/mol. The number of rotatable bonds is 4. The minimum absolute atomic E-state index is 0.0887. The molecule has 11 heteroatoms. The molecule has 6 nitrogen and oxygen atoms in total. The molecule has 1 aliphatic rings. The van der Waals surface area contributed by atoms with Gasteiger partial charge in [-0.25, -0.2) is 4.68 Å². The largest absolute Gasteiger partial charge is 0.410 e. The summed E-state index contributed by atoms with van der Waals surface area (Å²) in [6.45, 7) is 3.76. The number of fused-ring (bicyclic) bond motifs is 1. The van der Waals surface area contributed by atoms with Gasteiger partial charge < -0.3 is 10.6 Å². The van der Waals surface area contributed by atoms with Gasteiger partial charge >= 0.3 is 6.18 Å². The fourth-order valence-electron chi connectivity index (χ4n) is 3.98. The fourth-order valence-corrected chi connectivity index (χ4v) is 5.19. The van der Waals surface area contributed by atoms with Crippen LogP contribution < -0.4 is 10.6 Å². The lowest BCUT2D eigenvalue weighted by Crippen LogP contribution is -2.35. The molecule has 2 N–H and O–H groups in total. The van der Waals surface area contributed by atoms with E-state index in [1.165, 1.54) is 17.4 Å². The third-order valence-corrected chi connectivity index (χ3v) is 6.91. The number of aromatic nitrogens is 2. The highest BCUT2D eigenvalue weighted by atomic mass is 35.5. The number of nitrogens with one attached hydrogen (secondary N) is 2. The average molecular weight is 494 g/mol. The third kappa shape index (κ3) is 4.43. The average Bonchev–Trinajstić information content (AvgIpc) is 3.32. The van der Waals surface area contributed by atoms with Gasteiger partial charge in [0.15, 0.2) is 11.7 Å². The Bertz CT molecular complexity index is 1240. The molecule has 0 aliphatic carbocycles. The maximum absolute atomic E-state index is 13.9. The molecule has 0 radical (unpaired) electrons. The van der Waals surface area contributed by atoms with E-state index in [9.17, 15) is 23.2 Å². The van der Waals surface area contributed by atoms with Gasteiger partial charge in [-0.3, -0.25) is 4.79 Å². The van der Waals surface area contributed by atoms with Gasteiger partial charge in [0.1, 0.15) is 16.9 Å². The van der Waals surface area contributed by atoms with E-state index in [1.807, 2.05) is 13.8 Å². The van der Waals surface area contributed by atoms with Crippen LogP contribution in [0.3, 0.4) is 0 Å².